The summed E-state index contributed by atoms with van der Waals surface area (Å²) in [5.74, 6) is 0.284. The van der Waals surface area contributed by atoms with E-state index < -0.39 is 0 Å². The Morgan fingerprint density at radius 2 is 2.13 bits per heavy atom. The number of hydrogen-bond acceptors (Lipinski definition) is 4. The molecule has 0 saturated heterocycles. The molecule has 0 saturated carbocycles. The number of H-pyrrole nitrogens is 1. The molecule has 2 aromatic heterocycles. The van der Waals surface area contributed by atoms with Crippen molar-refractivity contribution in [3.8, 4) is 0 Å². The molecular formula is C16H18FN5O. The van der Waals surface area contributed by atoms with E-state index in [2.05, 4.69) is 15.1 Å². The predicted octanol–water partition coefficient (Wildman–Crippen LogP) is 1.99. The van der Waals surface area contributed by atoms with Gasteiger partial charge in [-0.2, -0.15) is 5.10 Å². The molecule has 1 N–H and O–H groups in total. The van der Waals surface area contributed by atoms with Gasteiger partial charge in [0.15, 0.2) is 5.65 Å². The Labute approximate surface area is 132 Å². The number of aryl methyl sites for hydroxylation is 1. The first kappa shape index (κ1) is 15.4. The minimum atomic E-state index is -0.240. The minimum absolute atomic E-state index is 0.149. The van der Waals surface area contributed by atoms with E-state index in [9.17, 15) is 9.18 Å². The monoisotopic (exact) mass is 315 g/mol. The van der Waals surface area contributed by atoms with Crippen molar-refractivity contribution >= 4 is 11.0 Å². The number of hydrogen-bond donors (Lipinski definition) is 1. The van der Waals surface area contributed by atoms with Crippen molar-refractivity contribution in [1.82, 2.24) is 24.6 Å². The summed E-state index contributed by atoms with van der Waals surface area (Å²) in [4.78, 5) is 21.2. The largest absolute Gasteiger partial charge is 0.309 e. The van der Waals surface area contributed by atoms with Gasteiger partial charge in [0.1, 0.15) is 17.0 Å². The van der Waals surface area contributed by atoms with Gasteiger partial charge >= 0.3 is 0 Å². The summed E-state index contributed by atoms with van der Waals surface area (Å²) < 4.78 is 15.5. The normalized spacial score (nSPS) is 12.9. The average Bonchev–Trinajstić information content (AvgIpc) is 2.89. The van der Waals surface area contributed by atoms with Gasteiger partial charge in [0, 0.05) is 18.7 Å². The van der Waals surface area contributed by atoms with Crippen molar-refractivity contribution in [2.45, 2.75) is 19.5 Å². The van der Waals surface area contributed by atoms with Crippen LogP contribution in [-0.2, 0) is 13.6 Å². The highest BCUT2D eigenvalue weighted by molar-refractivity contribution is 5.72. The average molecular weight is 315 g/mol. The standard InChI is InChI=1S/C16H18FN5O/c1-10(11-6-4-5-7-13(11)17)21(2)9-14-19-15-12(16(23)20-14)8-18-22(15)3/h4-8,10H,9H2,1-3H3,(H,19,20,23)/t10-/m1/s1. The third-order valence-electron chi connectivity index (χ3n) is 4.07. The maximum atomic E-state index is 13.9. The molecule has 0 aliphatic carbocycles. The van der Waals surface area contributed by atoms with Crippen LogP contribution in [0.15, 0.2) is 35.3 Å². The van der Waals surface area contributed by atoms with E-state index in [0.29, 0.717) is 29.0 Å². The highest BCUT2D eigenvalue weighted by Gasteiger charge is 2.17. The molecule has 0 aliphatic rings. The lowest BCUT2D eigenvalue weighted by molar-refractivity contribution is 0.242. The van der Waals surface area contributed by atoms with E-state index in [0.717, 1.165) is 0 Å². The third kappa shape index (κ3) is 2.87. The third-order valence-corrected chi connectivity index (χ3v) is 4.07. The van der Waals surface area contributed by atoms with Gasteiger partial charge in [-0.15, -0.1) is 0 Å². The molecule has 3 rings (SSSR count). The van der Waals surface area contributed by atoms with Crippen LogP contribution in [-0.4, -0.2) is 31.7 Å². The van der Waals surface area contributed by atoms with Crippen LogP contribution in [0, 0.1) is 5.82 Å². The molecule has 0 fully saturated rings. The summed E-state index contributed by atoms with van der Waals surface area (Å²) in [5, 5.41) is 4.50. The lowest BCUT2D eigenvalue weighted by atomic mass is 10.1. The summed E-state index contributed by atoms with van der Waals surface area (Å²) in [5.41, 5.74) is 0.930. The van der Waals surface area contributed by atoms with Crippen LogP contribution >= 0.6 is 0 Å². The van der Waals surface area contributed by atoms with Gasteiger partial charge < -0.3 is 4.98 Å². The maximum Gasteiger partial charge on any atom is 0.262 e. The summed E-state index contributed by atoms with van der Waals surface area (Å²) in [6, 6.07) is 6.54. The Balaban J connectivity index is 1.88. The quantitative estimate of drug-likeness (QED) is 0.799. The second-order valence-electron chi connectivity index (χ2n) is 5.63. The zero-order valence-corrected chi connectivity index (χ0v) is 13.2. The fraction of sp³-hybridized carbons (Fsp3) is 0.312. The number of nitrogens with zero attached hydrogens (tertiary/aromatic N) is 4. The highest BCUT2D eigenvalue weighted by Crippen LogP contribution is 2.22. The molecule has 0 radical (unpaired) electrons. The second kappa shape index (κ2) is 5.92. The smallest absolute Gasteiger partial charge is 0.262 e. The molecule has 120 valence electrons. The molecular weight excluding hydrogens is 297 g/mol. The van der Waals surface area contributed by atoms with Gasteiger partial charge in [-0.1, -0.05) is 18.2 Å². The zero-order chi connectivity index (χ0) is 16.6. The van der Waals surface area contributed by atoms with Crippen LogP contribution in [0.1, 0.15) is 24.4 Å². The summed E-state index contributed by atoms with van der Waals surface area (Å²) >= 11 is 0. The number of nitrogens with one attached hydrogen (secondary N) is 1. The molecule has 0 amide bonds. The first-order valence-electron chi connectivity index (χ1n) is 7.33. The zero-order valence-electron chi connectivity index (χ0n) is 13.2. The van der Waals surface area contributed by atoms with Crippen LogP contribution in [0.25, 0.3) is 11.0 Å². The number of aromatic amines is 1. The SMILES string of the molecule is C[C@H](c1ccccc1F)N(C)Cc1nc2c(cnn2C)c(=O)[nH]1. The topological polar surface area (TPSA) is 66.8 Å². The number of rotatable bonds is 4. The summed E-state index contributed by atoms with van der Waals surface area (Å²) in [7, 11) is 3.61. The molecule has 0 aliphatic heterocycles. The van der Waals surface area contributed by atoms with E-state index in [1.54, 1.807) is 23.9 Å². The van der Waals surface area contributed by atoms with Crippen molar-refractivity contribution in [2.75, 3.05) is 7.05 Å². The number of halogens is 1. The molecule has 0 bridgehead atoms. The van der Waals surface area contributed by atoms with E-state index >= 15 is 0 Å². The fourth-order valence-corrected chi connectivity index (χ4v) is 2.58. The lowest BCUT2D eigenvalue weighted by Crippen LogP contribution is -2.25. The Hall–Kier alpha value is -2.54. The fourth-order valence-electron chi connectivity index (χ4n) is 2.58. The first-order chi connectivity index (χ1) is 11.0. The van der Waals surface area contributed by atoms with Crippen LogP contribution in [0.3, 0.4) is 0 Å². The molecule has 0 spiro atoms. The van der Waals surface area contributed by atoms with Crippen LogP contribution in [0.4, 0.5) is 4.39 Å². The molecule has 0 unspecified atom stereocenters. The Morgan fingerprint density at radius 1 is 1.39 bits per heavy atom. The van der Waals surface area contributed by atoms with Gasteiger partial charge in [-0.3, -0.25) is 14.4 Å². The Morgan fingerprint density at radius 3 is 2.87 bits per heavy atom. The predicted molar refractivity (Wildman–Crippen MR) is 85.4 cm³/mol. The van der Waals surface area contributed by atoms with Crippen LogP contribution in [0.5, 0.6) is 0 Å². The molecule has 1 atom stereocenters. The summed E-state index contributed by atoms with van der Waals surface area (Å²) in [6.45, 7) is 2.31. The van der Waals surface area contributed by atoms with Gasteiger partial charge in [-0.25, -0.2) is 9.37 Å². The van der Waals surface area contributed by atoms with Crippen molar-refractivity contribution in [3.63, 3.8) is 0 Å². The van der Waals surface area contributed by atoms with Crippen molar-refractivity contribution in [2.24, 2.45) is 7.05 Å². The van der Waals surface area contributed by atoms with Crippen molar-refractivity contribution in [3.05, 3.63) is 58.0 Å². The highest BCUT2D eigenvalue weighted by atomic mass is 19.1. The van der Waals surface area contributed by atoms with Crippen LogP contribution < -0.4 is 5.56 Å². The van der Waals surface area contributed by atoms with Gasteiger partial charge in [0.25, 0.3) is 5.56 Å². The molecule has 1 aromatic carbocycles. The minimum Gasteiger partial charge on any atom is -0.309 e. The maximum absolute atomic E-state index is 13.9. The lowest BCUT2D eigenvalue weighted by Gasteiger charge is -2.24. The molecule has 6 nitrogen and oxygen atoms in total. The number of benzene rings is 1. The van der Waals surface area contributed by atoms with E-state index in [1.165, 1.54) is 12.3 Å². The van der Waals surface area contributed by atoms with Gasteiger partial charge in [-0.05, 0) is 20.0 Å². The number of fused-ring (bicyclic) bond motifs is 1. The van der Waals surface area contributed by atoms with E-state index in [-0.39, 0.29) is 17.4 Å². The van der Waals surface area contributed by atoms with Crippen molar-refractivity contribution in [1.29, 1.82) is 0 Å². The first-order valence-corrected chi connectivity index (χ1v) is 7.33. The molecule has 3 aromatic rings. The van der Waals surface area contributed by atoms with E-state index in [4.69, 9.17) is 0 Å². The van der Waals surface area contributed by atoms with Gasteiger partial charge in [0.2, 0.25) is 0 Å². The molecule has 23 heavy (non-hydrogen) atoms. The summed E-state index contributed by atoms with van der Waals surface area (Å²) in [6.07, 6.45) is 1.50. The molecule has 7 heteroatoms. The van der Waals surface area contributed by atoms with Crippen LogP contribution in [0.2, 0.25) is 0 Å². The molecule has 2 heterocycles. The second-order valence-corrected chi connectivity index (χ2v) is 5.63. The number of aromatic nitrogens is 4. The van der Waals surface area contributed by atoms with E-state index in [1.807, 2.05) is 24.9 Å². The Kier molecular flexibility index (Phi) is 3.96. The Bertz CT molecular complexity index is 901. The van der Waals surface area contributed by atoms with Crippen molar-refractivity contribution < 1.29 is 4.39 Å². The van der Waals surface area contributed by atoms with Gasteiger partial charge in [0.05, 0.1) is 12.7 Å².